The standard InChI is InChI=1S/C16H25N3O/c1-3-10-18-15-9-11-17-12-14(15)16(20)19(2)13-7-5-4-6-8-13/h9,11-13H,3-8,10H2,1-2H3,(H,17,18). The molecule has 1 amide bonds. The van der Waals surface area contributed by atoms with Crippen LogP contribution in [0.15, 0.2) is 18.5 Å². The van der Waals surface area contributed by atoms with Crippen LogP contribution in [0.4, 0.5) is 5.69 Å². The van der Waals surface area contributed by atoms with E-state index in [1.807, 2.05) is 18.0 Å². The van der Waals surface area contributed by atoms with Crippen LogP contribution in [0.25, 0.3) is 0 Å². The second kappa shape index (κ2) is 7.27. The number of amides is 1. The Balaban J connectivity index is 2.11. The predicted molar refractivity (Wildman–Crippen MR) is 82.0 cm³/mol. The molecule has 0 aromatic carbocycles. The lowest BCUT2D eigenvalue weighted by Gasteiger charge is -2.31. The number of hydrogen-bond acceptors (Lipinski definition) is 3. The van der Waals surface area contributed by atoms with E-state index in [4.69, 9.17) is 0 Å². The average Bonchev–Trinajstić information content (AvgIpc) is 2.52. The highest BCUT2D eigenvalue weighted by molar-refractivity contribution is 5.99. The van der Waals surface area contributed by atoms with Crippen molar-refractivity contribution in [1.82, 2.24) is 9.88 Å². The van der Waals surface area contributed by atoms with Crippen molar-refractivity contribution in [2.24, 2.45) is 0 Å². The Kier molecular flexibility index (Phi) is 5.39. The summed E-state index contributed by atoms with van der Waals surface area (Å²) >= 11 is 0. The molecule has 1 aromatic rings. The molecule has 0 spiro atoms. The van der Waals surface area contributed by atoms with Gasteiger partial charge in [0, 0.05) is 32.0 Å². The van der Waals surface area contributed by atoms with Crippen molar-refractivity contribution in [3.05, 3.63) is 24.0 Å². The molecule has 0 unspecified atom stereocenters. The van der Waals surface area contributed by atoms with E-state index < -0.39 is 0 Å². The van der Waals surface area contributed by atoms with Gasteiger partial charge in [0.15, 0.2) is 0 Å². The zero-order valence-corrected chi connectivity index (χ0v) is 12.6. The summed E-state index contributed by atoms with van der Waals surface area (Å²) in [5.74, 6) is 0.0867. The summed E-state index contributed by atoms with van der Waals surface area (Å²) < 4.78 is 0. The number of hydrogen-bond donors (Lipinski definition) is 1. The van der Waals surface area contributed by atoms with Gasteiger partial charge >= 0.3 is 0 Å². The first-order chi connectivity index (χ1) is 9.74. The Hall–Kier alpha value is -1.58. The Morgan fingerprint density at radius 1 is 1.40 bits per heavy atom. The molecule has 20 heavy (non-hydrogen) atoms. The molecule has 2 rings (SSSR count). The van der Waals surface area contributed by atoms with Crippen molar-refractivity contribution in [2.75, 3.05) is 18.9 Å². The van der Waals surface area contributed by atoms with Gasteiger partial charge in [-0.05, 0) is 25.3 Å². The van der Waals surface area contributed by atoms with E-state index in [1.165, 1.54) is 19.3 Å². The predicted octanol–water partition coefficient (Wildman–Crippen LogP) is 3.31. The van der Waals surface area contributed by atoms with Crippen molar-refractivity contribution < 1.29 is 4.79 Å². The number of pyridine rings is 1. The molecule has 1 aliphatic carbocycles. The fourth-order valence-corrected chi connectivity index (χ4v) is 2.80. The lowest BCUT2D eigenvalue weighted by molar-refractivity contribution is 0.0697. The highest BCUT2D eigenvalue weighted by Gasteiger charge is 2.24. The molecular formula is C16H25N3O. The van der Waals surface area contributed by atoms with Gasteiger partial charge in [-0.25, -0.2) is 0 Å². The minimum atomic E-state index is 0.0867. The summed E-state index contributed by atoms with van der Waals surface area (Å²) in [7, 11) is 1.93. The Morgan fingerprint density at radius 3 is 2.85 bits per heavy atom. The van der Waals surface area contributed by atoms with Crippen molar-refractivity contribution in [2.45, 2.75) is 51.5 Å². The SMILES string of the molecule is CCCNc1ccncc1C(=O)N(C)C1CCCCC1. The molecule has 4 heteroatoms. The van der Waals surface area contributed by atoms with Crippen LogP contribution in [0.1, 0.15) is 55.8 Å². The van der Waals surface area contributed by atoms with Crippen molar-refractivity contribution in [3.8, 4) is 0 Å². The molecule has 1 aliphatic rings. The lowest BCUT2D eigenvalue weighted by Crippen LogP contribution is -2.38. The molecular weight excluding hydrogens is 250 g/mol. The minimum absolute atomic E-state index is 0.0867. The monoisotopic (exact) mass is 275 g/mol. The quantitative estimate of drug-likeness (QED) is 0.896. The van der Waals surface area contributed by atoms with Gasteiger partial charge in [-0.2, -0.15) is 0 Å². The van der Waals surface area contributed by atoms with Crippen LogP contribution in [-0.2, 0) is 0 Å². The summed E-state index contributed by atoms with van der Waals surface area (Å²) in [5, 5.41) is 3.31. The molecule has 1 fully saturated rings. The van der Waals surface area contributed by atoms with Crippen molar-refractivity contribution in [1.29, 1.82) is 0 Å². The number of carbonyl (C=O) groups is 1. The van der Waals surface area contributed by atoms with E-state index in [0.29, 0.717) is 11.6 Å². The summed E-state index contributed by atoms with van der Waals surface area (Å²) in [6.07, 6.45) is 10.5. The number of rotatable bonds is 5. The second-order valence-electron chi connectivity index (χ2n) is 5.56. The Morgan fingerprint density at radius 2 is 2.15 bits per heavy atom. The van der Waals surface area contributed by atoms with E-state index in [9.17, 15) is 4.79 Å². The van der Waals surface area contributed by atoms with Crippen molar-refractivity contribution >= 4 is 11.6 Å². The summed E-state index contributed by atoms with van der Waals surface area (Å²) in [4.78, 5) is 18.7. The molecule has 1 N–H and O–H groups in total. The number of aromatic nitrogens is 1. The fraction of sp³-hybridized carbons (Fsp3) is 0.625. The molecule has 1 aromatic heterocycles. The normalized spacial score (nSPS) is 15.9. The number of nitrogens with one attached hydrogen (secondary N) is 1. The lowest BCUT2D eigenvalue weighted by atomic mass is 9.94. The largest absolute Gasteiger partial charge is 0.384 e. The van der Waals surface area contributed by atoms with Gasteiger partial charge in [0.05, 0.1) is 11.3 Å². The maximum absolute atomic E-state index is 12.7. The molecule has 0 radical (unpaired) electrons. The molecule has 0 saturated heterocycles. The second-order valence-corrected chi connectivity index (χ2v) is 5.56. The number of carbonyl (C=O) groups excluding carboxylic acids is 1. The molecule has 4 nitrogen and oxygen atoms in total. The van der Waals surface area contributed by atoms with E-state index in [-0.39, 0.29) is 5.91 Å². The summed E-state index contributed by atoms with van der Waals surface area (Å²) in [5.41, 5.74) is 1.59. The summed E-state index contributed by atoms with van der Waals surface area (Å²) in [6, 6.07) is 2.27. The van der Waals surface area contributed by atoms with Crippen LogP contribution in [0, 0.1) is 0 Å². The fourth-order valence-electron chi connectivity index (χ4n) is 2.80. The van der Waals surface area contributed by atoms with E-state index in [0.717, 1.165) is 31.5 Å². The first kappa shape index (κ1) is 14.8. The van der Waals surface area contributed by atoms with Gasteiger partial charge in [0.1, 0.15) is 0 Å². The van der Waals surface area contributed by atoms with E-state index in [1.54, 1.807) is 12.4 Å². The summed E-state index contributed by atoms with van der Waals surface area (Å²) in [6.45, 7) is 2.99. The third-order valence-electron chi connectivity index (χ3n) is 4.06. The first-order valence-electron chi connectivity index (χ1n) is 7.69. The highest BCUT2D eigenvalue weighted by Crippen LogP contribution is 2.24. The molecule has 1 heterocycles. The molecule has 110 valence electrons. The zero-order valence-electron chi connectivity index (χ0n) is 12.6. The van der Waals surface area contributed by atoms with E-state index >= 15 is 0 Å². The van der Waals surface area contributed by atoms with Crippen LogP contribution in [-0.4, -0.2) is 35.4 Å². The van der Waals surface area contributed by atoms with Gasteiger partial charge in [0.25, 0.3) is 5.91 Å². The third kappa shape index (κ3) is 3.50. The first-order valence-corrected chi connectivity index (χ1v) is 7.69. The van der Waals surface area contributed by atoms with Crippen LogP contribution >= 0.6 is 0 Å². The Labute approximate surface area is 121 Å². The maximum Gasteiger partial charge on any atom is 0.257 e. The smallest absolute Gasteiger partial charge is 0.257 e. The van der Waals surface area contributed by atoms with Gasteiger partial charge in [-0.15, -0.1) is 0 Å². The van der Waals surface area contributed by atoms with Crippen LogP contribution < -0.4 is 5.32 Å². The number of nitrogens with zero attached hydrogens (tertiary/aromatic N) is 2. The van der Waals surface area contributed by atoms with Crippen molar-refractivity contribution in [3.63, 3.8) is 0 Å². The highest BCUT2D eigenvalue weighted by atomic mass is 16.2. The number of anilines is 1. The zero-order chi connectivity index (χ0) is 14.4. The topological polar surface area (TPSA) is 45.2 Å². The van der Waals surface area contributed by atoms with Crippen LogP contribution in [0.5, 0.6) is 0 Å². The molecule has 0 atom stereocenters. The molecule has 0 bridgehead atoms. The van der Waals surface area contributed by atoms with Gasteiger partial charge < -0.3 is 10.2 Å². The van der Waals surface area contributed by atoms with Gasteiger partial charge in [-0.3, -0.25) is 9.78 Å². The minimum Gasteiger partial charge on any atom is -0.384 e. The van der Waals surface area contributed by atoms with Gasteiger partial charge in [0.2, 0.25) is 0 Å². The third-order valence-corrected chi connectivity index (χ3v) is 4.06. The van der Waals surface area contributed by atoms with Gasteiger partial charge in [-0.1, -0.05) is 26.2 Å². The molecule has 0 aliphatic heterocycles. The van der Waals surface area contributed by atoms with Crippen LogP contribution in [0.2, 0.25) is 0 Å². The average molecular weight is 275 g/mol. The molecule has 1 saturated carbocycles. The van der Waals surface area contributed by atoms with E-state index in [2.05, 4.69) is 17.2 Å². The maximum atomic E-state index is 12.7. The van der Waals surface area contributed by atoms with Crippen LogP contribution in [0.3, 0.4) is 0 Å². The Bertz CT molecular complexity index is 441.